The smallest absolute Gasteiger partial charge is 0.260 e. The Morgan fingerprint density at radius 1 is 1.23 bits per heavy atom. The lowest BCUT2D eigenvalue weighted by molar-refractivity contribution is 0.0391. The third-order valence-corrected chi connectivity index (χ3v) is 6.25. The molecule has 0 unspecified atom stereocenters. The number of amides is 1. The first-order chi connectivity index (χ1) is 14.6. The third-order valence-electron chi connectivity index (χ3n) is 4.97. The highest BCUT2D eigenvalue weighted by Crippen LogP contribution is 2.31. The van der Waals surface area contributed by atoms with E-state index in [0.29, 0.717) is 28.9 Å². The molecule has 2 aromatic carbocycles. The molecular weight excluding hydrogens is 457 g/mol. The summed E-state index contributed by atoms with van der Waals surface area (Å²) in [7, 11) is 0. The van der Waals surface area contributed by atoms with Gasteiger partial charge in [0.25, 0.3) is 5.91 Å². The van der Waals surface area contributed by atoms with E-state index in [1.807, 2.05) is 37.3 Å². The van der Waals surface area contributed by atoms with Crippen LogP contribution in [-0.4, -0.2) is 61.8 Å². The number of morpholine rings is 1. The molecule has 0 aliphatic carbocycles. The standard InChI is InChI=1S/C22H24ClN3O3S.ClH/c1-2-29-18-6-3-16(4-7-18)21(27)26(10-9-25-11-13-28-14-12-25)22-24-19-8-5-17(23)15-20(19)30-22;/h3-8,15H,2,9-14H2,1H3;1H. The van der Waals surface area contributed by atoms with Crippen molar-refractivity contribution >= 4 is 56.6 Å². The van der Waals surface area contributed by atoms with Crippen LogP contribution < -0.4 is 9.64 Å². The number of ether oxygens (including phenoxy) is 2. The van der Waals surface area contributed by atoms with Crippen LogP contribution in [0.3, 0.4) is 0 Å². The van der Waals surface area contributed by atoms with Crippen molar-refractivity contribution in [1.29, 1.82) is 0 Å². The van der Waals surface area contributed by atoms with Gasteiger partial charge in [0.2, 0.25) is 0 Å². The molecule has 0 radical (unpaired) electrons. The van der Waals surface area contributed by atoms with Gasteiger partial charge in [0, 0.05) is 36.8 Å². The average Bonchev–Trinajstić information content (AvgIpc) is 3.18. The summed E-state index contributed by atoms with van der Waals surface area (Å²) in [5.41, 5.74) is 1.45. The van der Waals surface area contributed by atoms with Crippen molar-refractivity contribution in [2.24, 2.45) is 0 Å². The van der Waals surface area contributed by atoms with E-state index >= 15 is 0 Å². The first-order valence-electron chi connectivity index (χ1n) is 10.0. The Morgan fingerprint density at radius 2 is 1.97 bits per heavy atom. The Balaban J connectivity index is 0.00000272. The molecule has 1 aliphatic rings. The molecule has 31 heavy (non-hydrogen) atoms. The van der Waals surface area contributed by atoms with Gasteiger partial charge in [-0.15, -0.1) is 12.4 Å². The molecular formula is C22H25Cl2N3O3S. The van der Waals surface area contributed by atoms with Crippen LogP contribution in [0.4, 0.5) is 5.13 Å². The van der Waals surface area contributed by atoms with Crippen LogP contribution in [0.25, 0.3) is 10.2 Å². The summed E-state index contributed by atoms with van der Waals surface area (Å²) in [6.07, 6.45) is 0. The van der Waals surface area contributed by atoms with Gasteiger partial charge in [-0.2, -0.15) is 0 Å². The maximum atomic E-state index is 13.4. The first-order valence-corrected chi connectivity index (χ1v) is 11.2. The van der Waals surface area contributed by atoms with Gasteiger partial charge in [-0.05, 0) is 49.4 Å². The monoisotopic (exact) mass is 481 g/mol. The Bertz CT molecular complexity index is 1010. The van der Waals surface area contributed by atoms with Crippen LogP contribution in [0.5, 0.6) is 5.75 Å². The van der Waals surface area contributed by atoms with Crippen molar-refractivity contribution in [3.05, 3.63) is 53.1 Å². The predicted octanol–water partition coefficient (Wildman–Crippen LogP) is 4.75. The Labute approximate surface area is 197 Å². The molecule has 0 bridgehead atoms. The van der Waals surface area contributed by atoms with Crippen LogP contribution in [-0.2, 0) is 4.74 Å². The number of hydrogen-bond acceptors (Lipinski definition) is 6. The molecule has 9 heteroatoms. The van der Waals surface area contributed by atoms with Gasteiger partial charge in [-0.3, -0.25) is 14.6 Å². The number of anilines is 1. The zero-order chi connectivity index (χ0) is 20.9. The largest absolute Gasteiger partial charge is 0.494 e. The lowest BCUT2D eigenvalue weighted by Crippen LogP contribution is -2.43. The van der Waals surface area contributed by atoms with Gasteiger partial charge in [0.15, 0.2) is 5.13 Å². The van der Waals surface area contributed by atoms with Gasteiger partial charge in [-0.1, -0.05) is 22.9 Å². The number of hydrogen-bond donors (Lipinski definition) is 0. The van der Waals surface area contributed by atoms with Crippen LogP contribution in [0.2, 0.25) is 5.02 Å². The van der Waals surface area contributed by atoms with Crippen molar-refractivity contribution in [3.8, 4) is 5.75 Å². The molecule has 0 saturated carbocycles. The summed E-state index contributed by atoms with van der Waals surface area (Å²) in [5, 5.41) is 1.34. The summed E-state index contributed by atoms with van der Waals surface area (Å²) >= 11 is 7.62. The maximum Gasteiger partial charge on any atom is 0.260 e. The highest BCUT2D eigenvalue weighted by Gasteiger charge is 2.23. The summed E-state index contributed by atoms with van der Waals surface area (Å²) in [6, 6.07) is 12.9. The van der Waals surface area contributed by atoms with Gasteiger partial charge in [0.1, 0.15) is 5.75 Å². The zero-order valence-electron chi connectivity index (χ0n) is 17.3. The zero-order valence-corrected chi connectivity index (χ0v) is 19.6. The topological polar surface area (TPSA) is 54.9 Å². The van der Waals surface area contributed by atoms with Crippen LogP contribution in [0.15, 0.2) is 42.5 Å². The Hall–Kier alpha value is -1.90. The molecule has 0 atom stereocenters. The molecule has 6 nitrogen and oxygen atoms in total. The van der Waals surface area contributed by atoms with Crippen LogP contribution in [0.1, 0.15) is 17.3 Å². The van der Waals surface area contributed by atoms with Crippen molar-refractivity contribution in [3.63, 3.8) is 0 Å². The van der Waals surface area contributed by atoms with E-state index < -0.39 is 0 Å². The molecule has 0 spiro atoms. The van der Waals surface area contributed by atoms with Crippen molar-refractivity contribution in [1.82, 2.24) is 9.88 Å². The minimum absolute atomic E-state index is 0. The number of aromatic nitrogens is 1. The second-order valence-electron chi connectivity index (χ2n) is 6.98. The maximum absolute atomic E-state index is 13.4. The third kappa shape index (κ3) is 5.87. The molecule has 166 valence electrons. The minimum Gasteiger partial charge on any atom is -0.494 e. The van der Waals surface area contributed by atoms with E-state index in [0.717, 1.165) is 48.8 Å². The Morgan fingerprint density at radius 3 is 2.68 bits per heavy atom. The molecule has 1 amide bonds. The lowest BCUT2D eigenvalue weighted by Gasteiger charge is -2.29. The number of halogens is 2. The first kappa shape index (κ1) is 23.8. The van der Waals surface area contributed by atoms with Gasteiger partial charge in [-0.25, -0.2) is 4.98 Å². The van der Waals surface area contributed by atoms with Gasteiger partial charge < -0.3 is 9.47 Å². The summed E-state index contributed by atoms with van der Waals surface area (Å²) in [6.45, 7) is 7.06. The second-order valence-corrected chi connectivity index (χ2v) is 8.42. The number of carbonyl (C=O) groups is 1. The van der Waals surface area contributed by atoms with E-state index in [-0.39, 0.29) is 18.3 Å². The molecule has 1 aromatic heterocycles. The number of carbonyl (C=O) groups excluding carboxylic acids is 1. The van der Waals surface area contributed by atoms with Crippen LogP contribution in [0, 0.1) is 0 Å². The minimum atomic E-state index is -0.0727. The predicted molar refractivity (Wildman–Crippen MR) is 128 cm³/mol. The molecule has 1 aliphatic heterocycles. The number of rotatable bonds is 7. The number of nitrogens with zero attached hydrogens (tertiary/aromatic N) is 3. The molecule has 1 saturated heterocycles. The van der Waals surface area contributed by atoms with Crippen LogP contribution >= 0.6 is 35.3 Å². The van der Waals surface area contributed by atoms with Gasteiger partial charge in [0.05, 0.1) is 30.0 Å². The molecule has 3 aromatic rings. The molecule has 1 fully saturated rings. The fraction of sp³-hybridized carbons (Fsp3) is 0.364. The number of thiazole rings is 1. The summed E-state index contributed by atoms with van der Waals surface area (Å²) in [4.78, 5) is 22.2. The van der Waals surface area contributed by atoms with E-state index in [9.17, 15) is 4.79 Å². The number of fused-ring (bicyclic) bond motifs is 1. The van der Waals surface area contributed by atoms with E-state index in [1.165, 1.54) is 11.3 Å². The normalized spacial score (nSPS) is 14.3. The van der Waals surface area contributed by atoms with E-state index in [4.69, 9.17) is 26.1 Å². The quantitative estimate of drug-likeness (QED) is 0.487. The highest BCUT2D eigenvalue weighted by atomic mass is 35.5. The average molecular weight is 482 g/mol. The fourth-order valence-electron chi connectivity index (χ4n) is 3.37. The highest BCUT2D eigenvalue weighted by molar-refractivity contribution is 7.22. The lowest BCUT2D eigenvalue weighted by atomic mass is 10.2. The molecule has 2 heterocycles. The molecule has 4 rings (SSSR count). The van der Waals surface area contributed by atoms with E-state index in [1.54, 1.807) is 17.0 Å². The van der Waals surface area contributed by atoms with Crippen molar-refractivity contribution in [2.75, 3.05) is 50.9 Å². The summed E-state index contributed by atoms with van der Waals surface area (Å²) in [5.74, 6) is 0.681. The van der Waals surface area contributed by atoms with E-state index in [2.05, 4.69) is 4.90 Å². The summed E-state index contributed by atoms with van der Waals surface area (Å²) < 4.78 is 11.9. The van der Waals surface area contributed by atoms with Crippen molar-refractivity contribution < 1.29 is 14.3 Å². The fourth-order valence-corrected chi connectivity index (χ4v) is 4.63. The number of benzene rings is 2. The van der Waals surface area contributed by atoms with Crippen molar-refractivity contribution in [2.45, 2.75) is 6.92 Å². The van der Waals surface area contributed by atoms with Gasteiger partial charge >= 0.3 is 0 Å². The Kier molecular flexibility index (Phi) is 8.51. The SMILES string of the molecule is CCOc1ccc(C(=O)N(CCN2CCOCC2)c2nc3ccc(Cl)cc3s2)cc1.Cl. The molecule has 0 N–H and O–H groups in total. The second kappa shape index (κ2) is 11.1.